The molecular weight excluding hydrogens is 260 g/mol. The molecule has 0 amide bonds. The monoisotopic (exact) mass is 272 g/mol. The fourth-order valence-electron chi connectivity index (χ4n) is 1.34. The molecule has 92 valence electrons. The second kappa shape index (κ2) is 4.59. The Morgan fingerprint density at radius 1 is 1.47 bits per heavy atom. The zero-order valence-corrected chi connectivity index (χ0v) is 11.1. The Morgan fingerprint density at radius 2 is 2.24 bits per heavy atom. The molecule has 0 unspecified atom stereocenters. The van der Waals surface area contributed by atoms with Gasteiger partial charge in [0, 0.05) is 12.6 Å². The normalized spacial score (nSPS) is 11.9. The maximum Gasteiger partial charge on any atom is 0.250 e. The first-order valence-corrected chi connectivity index (χ1v) is 7.36. The largest absolute Gasteiger partial charge is 0.355 e. The van der Waals surface area contributed by atoms with Gasteiger partial charge in [0.15, 0.2) is 5.76 Å². The summed E-state index contributed by atoms with van der Waals surface area (Å²) in [4.78, 5) is 0.752. The topological polar surface area (TPSA) is 72.2 Å². The van der Waals surface area contributed by atoms with E-state index in [2.05, 4.69) is 9.88 Å². The summed E-state index contributed by atoms with van der Waals surface area (Å²) in [5, 5.41) is 3.77. The minimum absolute atomic E-state index is 0.281. The molecule has 2 aromatic heterocycles. The van der Waals surface area contributed by atoms with Crippen LogP contribution >= 0.6 is 11.3 Å². The maximum atomic E-state index is 11.7. The molecule has 1 N–H and O–H groups in total. The minimum atomic E-state index is -3.38. The van der Waals surface area contributed by atoms with Gasteiger partial charge in [0.05, 0.1) is 10.6 Å². The lowest BCUT2D eigenvalue weighted by atomic mass is 10.3. The molecule has 0 fully saturated rings. The summed E-state index contributed by atoms with van der Waals surface area (Å²) in [5.41, 5.74) is 0.768. The number of hydrogen-bond acceptors (Lipinski definition) is 5. The Balaban J connectivity index is 2.34. The average Bonchev–Trinajstić information content (AvgIpc) is 2.85. The highest BCUT2D eigenvalue weighted by Crippen LogP contribution is 2.30. The predicted octanol–water partition coefficient (Wildman–Crippen LogP) is 2.01. The summed E-state index contributed by atoms with van der Waals surface area (Å²) in [6.45, 7) is 3.93. The van der Waals surface area contributed by atoms with Crippen LogP contribution in [0.2, 0.25) is 0 Å². The van der Waals surface area contributed by atoms with Crippen LogP contribution in [0.1, 0.15) is 12.6 Å². The molecule has 2 aromatic rings. The first-order valence-electron chi connectivity index (χ1n) is 5.06. The summed E-state index contributed by atoms with van der Waals surface area (Å²) >= 11 is 1.16. The van der Waals surface area contributed by atoms with E-state index in [1.165, 1.54) is 0 Å². The number of sulfonamides is 1. The van der Waals surface area contributed by atoms with Gasteiger partial charge in [-0.15, -0.1) is 11.3 Å². The van der Waals surface area contributed by atoms with Crippen molar-refractivity contribution < 1.29 is 12.9 Å². The van der Waals surface area contributed by atoms with E-state index in [1.54, 1.807) is 25.1 Å². The van der Waals surface area contributed by atoms with Gasteiger partial charge in [0.1, 0.15) is 4.21 Å². The molecule has 0 aliphatic carbocycles. The van der Waals surface area contributed by atoms with Crippen molar-refractivity contribution in [2.24, 2.45) is 0 Å². The van der Waals surface area contributed by atoms with E-state index in [0.717, 1.165) is 21.9 Å². The molecule has 0 saturated heterocycles. The average molecular weight is 272 g/mol. The molecule has 0 saturated carbocycles. The molecule has 0 spiro atoms. The van der Waals surface area contributed by atoms with Crippen molar-refractivity contribution in [3.63, 3.8) is 0 Å². The number of nitrogens with zero attached hydrogens (tertiary/aromatic N) is 1. The van der Waals surface area contributed by atoms with Crippen molar-refractivity contribution in [3.05, 3.63) is 23.9 Å². The smallest absolute Gasteiger partial charge is 0.250 e. The van der Waals surface area contributed by atoms with Gasteiger partial charge in [-0.1, -0.05) is 12.1 Å². The van der Waals surface area contributed by atoms with Crippen LogP contribution in [-0.4, -0.2) is 20.1 Å². The molecule has 2 rings (SSSR count). The lowest BCUT2D eigenvalue weighted by molar-refractivity contribution is 0.428. The minimum Gasteiger partial charge on any atom is -0.355 e. The molecule has 0 bridgehead atoms. The molecule has 2 heterocycles. The number of aryl methyl sites for hydroxylation is 1. The molecule has 0 aliphatic rings. The fraction of sp³-hybridized carbons (Fsp3) is 0.300. The van der Waals surface area contributed by atoms with Gasteiger partial charge in [-0.2, -0.15) is 0 Å². The Kier molecular flexibility index (Phi) is 3.32. The van der Waals surface area contributed by atoms with Crippen molar-refractivity contribution in [2.75, 3.05) is 6.54 Å². The number of aromatic nitrogens is 1. The lowest BCUT2D eigenvalue weighted by Crippen LogP contribution is -2.22. The van der Waals surface area contributed by atoms with E-state index in [-0.39, 0.29) is 4.21 Å². The van der Waals surface area contributed by atoms with E-state index in [9.17, 15) is 8.42 Å². The second-order valence-electron chi connectivity index (χ2n) is 3.45. The van der Waals surface area contributed by atoms with Gasteiger partial charge in [0.2, 0.25) is 10.0 Å². The van der Waals surface area contributed by atoms with Crippen LogP contribution in [0.25, 0.3) is 10.6 Å². The van der Waals surface area contributed by atoms with Gasteiger partial charge in [-0.3, -0.25) is 0 Å². The summed E-state index contributed by atoms with van der Waals surface area (Å²) < 4.78 is 31.3. The zero-order valence-electron chi connectivity index (χ0n) is 9.43. The zero-order chi connectivity index (χ0) is 12.5. The summed E-state index contributed by atoms with van der Waals surface area (Å²) in [6.07, 6.45) is 0. The standard InChI is InChI=1S/C10H12N2O3S2/c1-3-11-17(13,14)10-5-4-9(16-10)8-6-7(2)12-15-8/h4-6,11H,3H2,1-2H3. The first kappa shape index (κ1) is 12.3. The molecular formula is C10H12N2O3S2. The van der Waals surface area contributed by atoms with E-state index >= 15 is 0 Å². The van der Waals surface area contributed by atoms with Crippen molar-refractivity contribution >= 4 is 21.4 Å². The second-order valence-corrected chi connectivity index (χ2v) is 6.53. The van der Waals surface area contributed by atoms with E-state index < -0.39 is 10.0 Å². The van der Waals surface area contributed by atoms with E-state index in [0.29, 0.717) is 12.3 Å². The summed E-state index contributed by atoms with van der Waals surface area (Å²) in [6, 6.07) is 5.06. The van der Waals surface area contributed by atoms with Crippen LogP contribution in [-0.2, 0) is 10.0 Å². The maximum absolute atomic E-state index is 11.7. The van der Waals surface area contributed by atoms with Crippen LogP contribution in [0.15, 0.2) is 26.9 Å². The van der Waals surface area contributed by atoms with Crippen LogP contribution in [0.3, 0.4) is 0 Å². The lowest BCUT2D eigenvalue weighted by Gasteiger charge is -1.99. The van der Waals surface area contributed by atoms with Crippen molar-refractivity contribution in [3.8, 4) is 10.6 Å². The molecule has 17 heavy (non-hydrogen) atoms. The highest BCUT2D eigenvalue weighted by molar-refractivity contribution is 7.91. The number of hydrogen-bond donors (Lipinski definition) is 1. The first-order chi connectivity index (χ1) is 8.03. The van der Waals surface area contributed by atoms with Crippen LogP contribution in [0.4, 0.5) is 0 Å². The Hall–Kier alpha value is -1.18. The van der Waals surface area contributed by atoms with Crippen molar-refractivity contribution in [2.45, 2.75) is 18.1 Å². The predicted molar refractivity (Wildman–Crippen MR) is 65.4 cm³/mol. The fourth-order valence-corrected chi connectivity index (χ4v) is 3.68. The third kappa shape index (κ3) is 2.56. The number of rotatable bonds is 4. The van der Waals surface area contributed by atoms with Crippen molar-refractivity contribution in [1.82, 2.24) is 9.88 Å². The third-order valence-corrected chi connectivity index (χ3v) is 5.19. The summed E-state index contributed by atoms with van der Waals surface area (Å²) in [5.74, 6) is 0.588. The van der Waals surface area contributed by atoms with Crippen LogP contribution in [0.5, 0.6) is 0 Å². The van der Waals surface area contributed by atoms with Gasteiger partial charge in [0.25, 0.3) is 0 Å². The van der Waals surface area contributed by atoms with Gasteiger partial charge in [-0.25, -0.2) is 13.1 Å². The van der Waals surface area contributed by atoms with Crippen LogP contribution < -0.4 is 4.72 Å². The van der Waals surface area contributed by atoms with Gasteiger partial charge in [-0.05, 0) is 19.1 Å². The third-order valence-electron chi connectivity index (χ3n) is 2.05. The van der Waals surface area contributed by atoms with Crippen LogP contribution in [0, 0.1) is 6.92 Å². The number of thiophene rings is 1. The Bertz CT molecular complexity index is 613. The number of nitrogens with one attached hydrogen (secondary N) is 1. The molecule has 5 nitrogen and oxygen atoms in total. The van der Waals surface area contributed by atoms with E-state index in [1.807, 2.05) is 6.92 Å². The molecule has 0 radical (unpaired) electrons. The molecule has 0 atom stereocenters. The highest BCUT2D eigenvalue weighted by Gasteiger charge is 2.17. The Morgan fingerprint density at radius 3 is 2.82 bits per heavy atom. The molecule has 0 aromatic carbocycles. The Labute approximate surface area is 103 Å². The van der Waals surface area contributed by atoms with Crippen molar-refractivity contribution in [1.29, 1.82) is 0 Å². The summed E-state index contributed by atoms with van der Waals surface area (Å²) in [7, 11) is -3.38. The molecule has 0 aliphatic heterocycles. The SMILES string of the molecule is CCNS(=O)(=O)c1ccc(-c2cc(C)no2)s1. The van der Waals surface area contributed by atoms with E-state index in [4.69, 9.17) is 4.52 Å². The highest BCUT2D eigenvalue weighted by atomic mass is 32.2. The molecule has 7 heteroatoms. The quantitative estimate of drug-likeness (QED) is 0.924. The van der Waals surface area contributed by atoms with Gasteiger partial charge < -0.3 is 4.52 Å². The van der Waals surface area contributed by atoms with Gasteiger partial charge >= 0.3 is 0 Å².